The molecule has 0 aliphatic heterocycles. The Balaban J connectivity index is 1.43. The molecule has 4 saturated carbocycles. The maximum atomic E-state index is 12.7. The van der Waals surface area contributed by atoms with Crippen LogP contribution in [0, 0.1) is 23.2 Å². The Kier molecular flexibility index (Phi) is 4.89. The number of benzene rings is 1. The van der Waals surface area contributed by atoms with Gasteiger partial charge in [-0.2, -0.15) is 0 Å². The van der Waals surface area contributed by atoms with Gasteiger partial charge >= 0.3 is 0 Å². The van der Waals surface area contributed by atoms with Gasteiger partial charge in [-0.05, 0) is 79.9 Å². The van der Waals surface area contributed by atoms with E-state index in [1.807, 2.05) is 0 Å². The molecule has 27 heavy (non-hydrogen) atoms. The van der Waals surface area contributed by atoms with Crippen LogP contribution in [-0.4, -0.2) is 27.4 Å². The number of carbonyl (C=O) groups is 1. The number of carbonyl (C=O) groups excluding carboxylic acids is 1. The van der Waals surface area contributed by atoms with Crippen LogP contribution in [0.1, 0.15) is 48.9 Å². The molecule has 0 saturated heterocycles. The van der Waals surface area contributed by atoms with Crippen LogP contribution in [0.15, 0.2) is 41.8 Å². The average Bonchev–Trinajstić information content (AvgIpc) is 2.63. The van der Waals surface area contributed by atoms with Crippen LogP contribution >= 0.6 is 0 Å². The fraction of sp³-hybridized carbons (Fsp3) is 0.571. The molecule has 4 fully saturated rings. The van der Waals surface area contributed by atoms with Gasteiger partial charge in [0, 0.05) is 18.7 Å². The third-order valence-electron chi connectivity index (χ3n) is 6.61. The maximum Gasteiger partial charge on any atom is 0.251 e. The standard InChI is InChI=1S/C21H28N2O3S/c1-2-6-23-27(25,26)19-5-3-4-18(10-19)20(24)22-14-21-11-15-7-16(12-21)9-17(8-15)13-21/h2-5,10,15-17,23H,1,6-9,11-14H2,(H,22,24). The van der Waals surface area contributed by atoms with Crippen molar-refractivity contribution in [3.8, 4) is 0 Å². The average molecular weight is 389 g/mol. The van der Waals surface area contributed by atoms with E-state index in [4.69, 9.17) is 0 Å². The summed E-state index contributed by atoms with van der Waals surface area (Å²) in [4.78, 5) is 12.8. The number of hydrogen-bond donors (Lipinski definition) is 2. The largest absolute Gasteiger partial charge is 0.351 e. The van der Waals surface area contributed by atoms with E-state index in [0.717, 1.165) is 17.8 Å². The van der Waals surface area contributed by atoms with Crippen LogP contribution in [0.5, 0.6) is 0 Å². The van der Waals surface area contributed by atoms with Crippen LogP contribution < -0.4 is 10.0 Å². The quantitative estimate of drug-likeness (QED) is 0.705. The number of nitrogens with one attached hydrogen (secondary N) is 2. The molecule has 4 bridgehead atoms. The van der Waals surface area contributed by atoms with Crippen molar-refractivity contribution in [1.82, 2.24) is 10.0 Å². The molecule has 2 N–H and O–H groups in total. The minimum atomic E-state index is -3.63. The van der Waals surface area contributed by atoms with Gasteiger partial charge in [-0.15, -0.1) is 6.58 Å². The van der Waals surface area contributed by atoms with E-state index in [2.05, 4.69) is 16.6 Å². The van der Waals surface area contributed by atoms with Crippen LogP contribution in [0.25, 0.3) is 0 Å². The predicted octanol–water partition coefficient (Wildman–Crippen LogP) is 3.10. The Morgan fingerprint density at radius 1 is 1.15 bits per heavy atom. The first-order valence-electron chi connectivity index (χ1n) is 9.88. The third-order valence-corrected chi connectivity index (χ3v) is 8.03. The first-order valence-corrected chi connectivity index (χ1v) is 11.4. The van der Waals surface area contributed by atoms with Crippen molar-refractivity contribution in [3.63, 3.8) is 0 Å². The van der Waals surface area contributed by atoms with Gasteiger partial charge in [0.2, 0.25) is 10.0 Å². The van der Waals surface area contributed by atoms with Crippen LogP contribution in [0.2, 0.25) is 0 Å². The van der Waals surface area contributed by atoms with Gasteiger partial charge in [0.15, 0.2) is 0 Å². The summed E-state index contributed by atoms with van der Waals surface area (Å²) in [6.45, 7) is 4.38. The number of amides is 1. The molecular formula is C21H28N2O3S. The fourth-order valence-electron chi connectivity index (χ4n) is 5.93. The number of sulfonamides is 1. The smallest absolute Gasteiger partial charge is 0.251 e. The van der Waals surface area contributed by atoms with Crippen molar-refractivity contribution >= 4 is 15.9 Å². The second kappa shape index (κ2) is 7.06. The molecule has 5 rings (SSSR count). The lowest BCUT2D eigenvalue weighted by molar-refractivity contribution is -0.0503. The van der Waals surface area contributed by atoms with Gasteiger partial charge < -0.3 is 5.32 Å². The highest BCUT2D eigenvalue weighted by molar-refractivity contribution is 7.89. The van der Waals surface area contributed by atoms with Gasteiger partial charge in [0.25, 0.3) is 5.91 Å². The Labute approximate surface area is 161 Å². The minimum Gasteiger partial charge on any atom is -0.351 e. The first-order chi connectivity index (χ1) is 12.9. The molecule has 1 amide bonds. The first kappa shape index (κ1) is 18.7. The van der Waals surface area contributed by atoms with Gasteiger partial charge in [0.1, 0.15) is 0 Å². The molecule has 1 aromatic rings. The lowest BCUT2D eigenvalue weighted by Crippen LogP contribution is -2.51. The maximum absolute atomic E-state index is 12.7. The van der Waals surface area contributed by atoms with Crippen molar-refractivity contribution in [2.75, 3.05) is 13.1 Å². The molecule has 0 unspecified atom stereocenters. The highest BCUT2D eigenvalue weighted by Gasteiger charge is 2.50. The Bertz CT molecular complexity index is 811. The Hall–Kier alpha value is -1.66. The van der Waals surface area contributed by atoms with Gasteiger partial charge in [-0.25, -0.2) is 13.1 Å². The molecule has 1 aromatic carbocycles. The summed E-state index contributed by atoms with van der Waals surface area (Å²) < 4.78 is 27.0. The molecule has 0 radical (unpaired) electrons. The summed E-state index contributed by atoms with van der Waals surface area (Å²) in [5.74, 6) is 2.35. The predicted molar refractivity (Wildman–Crippen MR) is 105 cm³/mol. The normalized spacial score (nSPS) is 31.6. The highest BCUT2D eigenvalue weighted by atomic mass is 32.2. The summed E-state index contributed by atoms with van der Waals surface area (Å²) in [6, 6.07) is 6.23. The molecular weight excluding hydrogens is 360 g/mol. The molecule has 5 nitrogen and oxygen atoms in total. The van der Waals surface area contributed by atoms with Gasteiger partial charge in [-0.3, -0.25) is 4.79 Å². The van der Waals surface area contributed by atoms with E-state index in [0.29, 0.717) is 12.1 Å². The Morgan fingerprint density at radius 2 is 1.78 bits per heavy atom. The second-order valence-electron chi connectivity index (χ2n) is 8.77. The number of rotatable bonds is 7. The van der Waals surface area contributed by atoms with Gasteiger partial charge in [0.05, 0.1) is 4.90 Å². The zero-order valence-corrected chi connectivity index (χ0v) is 16.4. The van der Waals surface area contributed by atoms with Gasteiger partial charge in [-0.1, -0.05) is 12.1 Å². The van der Waals surface area contributed by atoms with E-state index in [9.17, 15) is 13.2 Å². The summed E-state index contributed by atoms with van der Waals surface area (Å²) in [6.07, 6.45) is 9.33. The van der Waals surface area contributed by atoms with Crippen molar-refractivity contribution in [1.29, 1.82) is 0 Å². The summed E-state index contributed by atoms with van der Waals surface area (Å²) >= 11 is 0. The fourth-order valence-corrected chi connectivity index (χ4v) is 6.98. The van der Waals surface area contributed by atoms with Crippen molar-refractivity contribution in [2.24, 2.45) is 23.2 Å². The van der Waals surface area contributed by atoms with Crippen LogP contribution in [0.3, 0.4) is 0 Å². The van der Waals surface area contributed by atoms with Crippen LogP contribution in [0.4, 0.5) is 0 Å². The van der Waals surface area contributed by atoms with Crippen LogP contribution in [-0.2, 0) is 10.0 Å². The highest BCUT2D eigenvalue weighted by Crippen LogP contribution is 2.59. The molecule has 4 aliphatic carbocycles. The minimum absolute atomic E-state index is 0.104. The third kappa shape index (κ3) is 3.83. The van der Waals surface area contributed by atoms with E-state index in [1.54, 1.807) is 12.1 Å². The SMILES string of the molecule is C=CCNS(=O)(=O)c1cccc(C(=O)NCC23CC4CC(CC(C4)C2)C3)c1. The topological polar surface area (TPSA) is 75.3 Å². The van der Waals surface area contributed by atoms with E-state index < -0.39 is 10.0 Å². The summed E-state index contributed by atoms with van der Waals surface area (Å²) in [7, 11) is -3.63. The van der Waals surface area contributed by atoms with E-state index in [1.165, 1.54) is 56.7 Å². The van der Waals surface area contributed by atoms with Crippen molar-refractivity contribution in [2.45, 2.75) is 43.4 Å². The second-order valence-corrected chi connectivity index (χ2v) is 10.5. The molecule has 146 valence electrons. The molecule has 0 heterocycles. The van der Waals surface area contributed by atoms with Crippen molar-refractivity contribution < 1.29 is 13.2 Å². The zero-order chi connectivity index (χ0) is 19.1. The monoisotopic (exact) mass is 388 g/mol. The summed E-state index contributed by atoms with van der Waals surface area (Å²) in [5, 5.41) is 3.11. The Morgan fingerprint density at radius 3 is 2.37 bits per heavy atom. The zero-order valence-electron chi connectivity index (χ0n) is 15.6. The van der Waals surface area contributed by atoms with E-state index in [-0.39, 0.29) is 22.8 Å². The molecule has 0 aromatic heterocycles. The molecule has 6 heteroatoms. The summed E-state index contributed by atoms with van der Waals surface area (Å²) in [5.41, 5.74) is 0.654. The number of hydrogen-bond acceptors (Lipinski definition) is 3. The molecule has 0 atom stereocenters. The van der Waals surface area contributed by atoms with E-state index >= 15 is 0 Å². The molecule has 0 spiro atoms. The lowest BCUT2D eigenvalue weighted by atomic mass is 9.49. The molecule has 4 aliphatic rings. The van der Waals surface area contributed by atoms with Crippen molar-refractivity contribution in [3.05, 3.63) is 42.5 Å². The lowest BCUT2D eigenvalue weighted by Gasteiger charge is -2.56.